The Kier molecular flexibility index (Phi) is 4.83. The van der Waals surface area contributed by atoms with Crippen LogP contribution in [0.4, 0.5) is 5.69 Å². The Morgan fingerprint density at radius 1 is 1.05 bits per heavy atom. The summed E-state index contributed by atoms with van der Waals surface area (Å²) in [5, 5.41) is 4.03. The summed E-state index contributed by atoms with van der Waals surface area (Å²) in [6.07, 6.45) is 0.977. The highest BCUT2D eigenvalue weighted by atomic mass is 35.5. The van der Waals surface area contributed by atoms with Crippen molar-refractivity contribution >= 4 is 34.8 Å². The molecule has 0 aliphatic heterocycles. The molecule has 2 nitrogen and oxygen atoms in total. The van der Waals surface area contributed by atoms with Crippen LogP contribution in [0.1, 0.15) is 12.0 Å². The third kappa shape index (κ3) is 4.27. The van der Waals surface area contributed by atoms with Crippen molar-refractivity contribution in [2.75, 3.05) is 5.32 Å². The van der Waals surface area contributed by atoms with E-state index in [0.717, 1.165) is 11.3 Å². The predicted molar refractivity (Wildman–Crippen MR) is 79.9 cm³/mol. The summed E-state index contributed by atoms with van der Waals surface area (Å²) in [7, 11) is 0. The van der Waals surface area contributed by atoms with Gasteiger partial charge in [0.1, 0.15) is 0 Å². The van der Waals surface area contributed by atoms with Gasteiger partial charge in [0.25, 0.3) is 0 Å². The Morgan fingerprint density at radius 2 is 1.79 bits per heavy atom. The van der Waals surface area contributed by atoms with Crippen molar-refractivity contribution < 1.29 is 4.79 Å². The molecule has 1 amide bonds. The molecule has 0 aliphatic carbocycles. The largest absolute Gasteiger partial charge is 0.326 e. The van der Waals surface area contributed by atoms with E-state index in [-0.39, 0.29) is 5.91 Å². The fraction of sp³-hybridized carbons (Fsp3) is 0.133. The summed E-state index contributed by atoms with van der Waals surface area (Å²) in [6.45, 7) is 0. The number of hydrogen-bond acceptors (Lipinski definition) is 1. The van der Waals surface area contributed by atoms with Gasteiger partial charge < -0.3 is 5.32 Å². The van der Waals surface area contributed by atoms with Crippen LogP contribution in [0.2, 0.25) is 10.0 Å². The highest BCUT2D eigenvalue weighted by Crippen LogP contribution is 2.22. The number of benzene rings is 2. The number of aryl methyl sites for hydroxylation is 1. The first kappa shape index (κ1) is 13.9. The minimum absolute atomic E-state index is 0.0304. The molecule has 0 radical (unpaired) electrons. The Balaban J connectivity index is 1.90. The zero-order chi connectivity index (χ0) is 13.7. The number of carbonyl (C=O) groups is 1. The molecule has 0 unspecified atom stereocenters. The fourth-order valence-corrected chi connectivity index (χ4v) is 2.22. The molecule has 2 aromatic carbocycles. The van der Waals surface area contributed by atoms with Gasteiger partial charge in [0.05, 0.1) is 0 Å². The lowest BCUT2D eigenvalue weighted by Gasteiger charge is -2.06. The molecule has 0 aliphatic rings. The number of carbonyl (C=O) groups excluding carboxylic acids is 1. The summed E-state index contributed by atoms with van der Waals surface area (Å²) in [4.78, 5) is 11.8. The van der Waals surface area contributed by atoms with Crippen LogP contribution in [0.3, 0.4) is 0 Å². The molecular weight excluding hydrogens is 281 g/mol. The van der Waals surface area contributed by atoms with Crippen LogP contribution < -0.4 is 5.32 Å². The van der Waals surface area contributed by atoms with Gasteiger partial charge in [0.2, 0.25) is 5.91 Å². The minimum Gasteiger partial charge on any atom is -0.326 e. The number of hydrogen-bond donors (Lipinski definition) is 1. The van der Waals surface area contributed by atoms with Crippen molar-refractivity contribution in [2.45, 2.75) is 12.8 Å². The molecule has 1 N–H and O–H groups in total. The van der Waals surface area contributed by atoms with Gasteiger partial charge in [-0.25, -0.2) is 0 Å². The SMILES string of the molecule is O=C(CCc1ccc(Cl)cc1Cl)Nc1ccccc1. The van der Waals surface area contributed by atoms with Crippen LogP contribution >= 0.6 is 23.2 Å². The summed E-state index contributed by atoms with van der Waals surface area (Å²) in [5.74, 6) is -0.0304. The number of nitrogens with one attached hydrogen (secondary N) is 1. The van der Waals surface area contributed by atoms with Gasteiger partial charge >= 0.3 is 0 Å². The van der Waals surface area contributed by atoms with Gasteiger partial charge in [-0.15, -0.1) is 0 Å². The normalized spacial score (nSPS) is 10.2. The summed E-state index contributed by atoms with van der Waals surface area (Å²) in [5.41, 5.74) is 1.73. The van der Waals surface area contributed by atoms with Crippen LogP contribution in [0, 0.1) is 0 Å². The first-order chi connectivity index (χ1) is 9.15. The van der Waals surface area contributed by atoms with E-state index in [9.17, 15) is 4.79 Å². The number of para-hydroxylation sites is 1. The molecule has 0 atom stereocenters. The molecule has 0 heterocycles. The molecule has 0 spiro atoms. The third-order valence-electron chi connectivity index (χ3n) is 2.69. The molecule has 0 saturated heterocycles. The number of anilines is 1. The lowest BCUT2D eigenvalue weighted by atomic mass is 10.1. The highest BCUT2D eigenvalue weighted by Gasteiger charge is 2.06. The number of rotatable bonds is 4. The molecule has 0 saturated carbocycles. The number of halogens is 2. The van der Waals surface area contributed by atoms with Crippen molar-refractivity contribution in [3.8, 4) is 0 Å². The highest BCUT2D eigenvalue weighted by molar-refractivity contribution is 6.35. The van der Waals surface area contributed by atoms with Gasteiger partial charge in [-0.3, -0.25) is 4.79 Å². The Morgan fingerprint density at radius 3 is 2.47 bits per heavy atom. The van der Waals surface area contributed by atoms with E-state index in [1.165, 1.54) is 0 Å². The van der Waals surface area contributed by atoms with Crippen LogP contribution in [-0.2, 0) is 11.2 Å². The minimum atomic E-state index is -0.0304. The molecular formula is C15H13Cl2NO. The van der Waals surface area contributed by atoms with Gasteiger partial charge in [-0.1, -0.05) is 47.5 Å². The van der Waals surface area contributed by atoms with E-state index < -0.39 is 0 Å². The molecule has 2 rings (SSSR count). The maximum absolute atomic E-state index is 11.8. The average Bonchev–Trinajstić information content (AvgIpc) is 2.39. The van der Waals surface area contributed by atoms with E-state index in [4.69, 9.17) is 23.2 Å². The van der Waals surface area contributed by atoms with Crippen LogP contribution in [-0.4, -0.2) is 5.91 Å². The molecule has 0 aromatic heterocycles. The molecule has 0 fully saturated rings. The molecule has 4 heteroatoms. The summed E-state index contributed by atoms with van der Waals surface area (Å²) in [6, 6.07) is 14.7. The molecule has 98 valence electrons. The van der Waals surface area contributed by atoms with Gasteiger partial charge in [-0.05, 0) is 36.2 Å². The van der Waals surface area contributed by atoms with Crippen molar-refractivity contribution in [1.82, 2.24) is 0 Å². The van der Waals surface area contributed by atoms with E-state index >= 15 is 0 Å². The number of amides is 1. The summed E-state index contributed by atoms with van der Waals surface area (Å²) < 4.78 is 0. The van der Waals surface area contributed by atoms with E-state index in [0.29, 0.717) is 22.9 Å². The average molecular weight is 294 g/mol. The van der Waals surface area contributed by atoms with Gasteiger partial charge in [-0.2, -0.15) is 0 Å². The van der Waals surface area contributed by atoms with Crippen LogP contribution in [0.5, 0.6) is 0 Å². The first-order valence-electron chi connectivity index (χ1n) is 5.94. The van der Waals surface area contributed by atoms with Crippen LogP contribution in [0.15, 0.2) is 48.5 Å². The standard InChI is InChI=1S/C15H13Cl2NO/c16-12-8-6-11(14(17)10-12)7-9-15(19)18-13-4-2-1-3-5-13/h1-6,8,10H,7,9H2,(H,18,19). The maximum atomic E-state index is 11.8. The zero-order valence-corrected chi connectivity index (χ0v) is 11.7. The van der Waals surface area contributed by atoms with Crippen LogP contribution in [0.25, 0.3) is 0 Å². The second-order valence-electron chi connectivity index (χ2n) is 4.15. The molecule has 2 aromatic rings. The van der Waals surface area contributed by atoms with E-state index in [2.05, 4.69) is 5.32 Å². The smallest absolute Gasteiger partial charge is 0.224 e. The van der Waals surface area contributed by atoms with Crippen molar-refractivity contribution in [1.29, 1.82) is 0 Å². The summed E-state index contributed by atoms with van der Waals surface area (Å²) >= 11 is 11.9. The fourth-order valence-electron chi connectivity index (χ4n) is 1.72. The predicted octanol–water partition coefficient (Wildman–Crippen LogP) is 4.56. The topological polar surface area (TPSA) is 29.1 Å². The third-order valence-corrected chi connectivity index (χ3v) is 3.28. The maximum Gasteiger partial charge on any atom is 0.224 e. The Bertz CT molecular complexity index is 570. The van der Waals surface area contributed by atoms with Gasteiger partial charge in [0, 0.05) is 22.2 Å². The lowest BCUT2D eigenvalue weighted by molar-refractivity contribution is -0.116. The lowest BCUT2D eigenvalue weighted by Crippen LogP contribution is -2.12. The quantitative estimate of drug-likeness (QED) is 0.879. The first-order valence-corrected chi connectivity index (χ1v) is 6.69. The van der Waals surface area contributed by atoms with E-state index in [1.54, 1.807) is 12.1 Å². The van der Waals surface area contributed by atoms with Crippen molar-refractivity contribution in [3.05, 3.63) is 64.1 Å². The monoisotopic (exact) mass is 293 g/mol. The zero-order valence-electron chi connectivity index (χ0n) is 10.2. The Labute approximate surface area is 122 Å². The van der Waals surface area contributed by atoms with Crippen molar-refractivity contribution in [2.24, 2.45) is 0 Å². The molecule has 0 bridgehead atoms. The molecule has 19 heavy (non-hydrogen) atoms. The van der Waals surface area contributed by atoms with Gasteiger partial charge in [0.15, 0.2) is 0 Å². The van der Waals surface area contributed by atoms with E-state index in [1.807, 2.05) is 36.4 Å². The second-order valence-corrected chi connectivity index (χ2v) is 4.99. The Hall–Kier alpha value is -1.51. The van der Waals surface area contributed by atoms with Crippen molar-refractivity contribution in [3.63, 3.8) is 0 Å². The second kappa shape index (κ2) is 6.60.